The molecule has 0 amide bonds. The molecule has 3 fully saturated rings. The molecule has 3 rings (SSSR count). The van der Waals surface area contributed by atoms with Crippen LogP contribution in [0.4, 0.5) is 0 Å². The van der Waals surface area contributed by atoms with Crippen LogP contribution in [-0.4, -0.2) is 142 Å². The molecule has 0 unspecified atom stereocenters. The molecule has 0 bridgehead atoms. The van der Waals surface area contributed by atoms with Gasteiger partial charge in [-0.15, -0.1) is 62.0 Å². The van der Waals surface area contributed by atoms with E-state index in [1.54, 1.807) is 0 Å². The van der Waals surface area contributed by atoms with Crippen LogP contribution in [0.5, 0.6) is 0 Å². The molecular weight excluding hydrogens is 816 g/mol. The molecule has 2 heterocycles. The molecule has 15 N–H and O–H groups in total. The van der Waals surface area contributed by atoms with Gasteiger partial charge in [0.25, 0.3) is 0 Å². The number of ether oxygens (including phenoxy) is 4. The van der Waals surface area contributed by atoms with E-state index in [-0.39, 0.29) is 81.5 Å². The molecular formula is C34H74Cl5N5O10. The molecule has 0 aromatic rings. The Labute approximate surface area is 353 Å². The lowest BCUT2D eigenvalue weighted by Crippen LogP contribution is -2.68. The molecule has 2 aliphatic heterocycles. The summed E-state index contributed by atoms with van der Waals surface area (Å²) in [6, 6.07) is -2.68. The summed E-state index contributed by atoms with van der Waals surface area (Å²) in [6.07, 6.45) is 2.48. The maximum absolute atomic E-state index is 11.3. The Bertz CT molecular complexity index is 907. The molecule has 15 atom stereocenters. The van der Waals surface area contributed by atoms with Crippen LogP contribution in [0.25, 0.3) is 0 Å². The summed E-state index contributed by atoms with van der Waals surface area (Å²) in [4.78, 5) is 0. The number of nitrogens with one attached hydrogen (secondary N) is 1. The van der Waals surface area contributed by atoms with Gasteiger partial charge in [0.2, 0.25) is 0 Å². The first-order valence-corrected chi connectivity index (χ1v) is 18.9. The van der Waals surface area contributed by atoms with E-state index in [4.69, 9.17) is 41.9 Å². The predicted molar refractivity (Wildman–Crippen MR) is 220 cm³/mol. The SMILES string of the molecule is CCCCCCCCCCCCCCCCNC[C@H]1O[C@H](O[C@@H]2[C@@H](O)[C@H](O[C@H]3O[C@H](CN)[C@@H](O)[C@H](O)[C@H]3O)[C@@H](N)C[C@H]2N)[C@H](O)[C@@H](N)[C@@H]1O.Cl.Cl.Cl.Cl.Cl. The Morgan fingerprint density at radius 2 is 0.963 bits per heavy atom. The zero-order valence-electron chi connectivity index (χ0n) is 31.6. The van der Waals surface area contributed by atoms with Crippen molar-refractivity contribution in [1.82, 2.24) is 5.32 Å². The number of halogens is 5. The van der Waals surface area contributed by atoms with Crippen LogP contribution < -0.4 is 28.3 Å². The second-order valence-electron chi connectivity index (χ2n) is 14.4. The highest BCUT2D eigenvalue weighted by atomic mass is 35.5. The first-order valence-electron chi connectivity index (χ1n) is 18.9. The monoisotopic (exact) mass is 887 g/mol. The maximum atomic E-state index is 11.3. The van der Waals surface area contributed by atoms with Crippen LogP contribution in [0, 0.1) is 0 Å². The molecule has 2 saturated heterocycles. The highest BCUT2D eigenvalue weighted by Crippen LogP contribution is 2.31. The number of hydrogen-bond acceptors (Lipinski definition) is 15. The van der Waals surface area contributed by atoms with E-state index in [2.05, 4.69) is 12.2 Å². The molecule has 0 radical (unpaired) electrons. The number of aliphatic hydroxyl groups is 6. The Hall–Kier alpha value is 0.850. The minimum absolute atomic E-state index is 0. The molecule has 0 aromatic heterocycles. The maximum Gasteiger partial charge on any atom is 0.187 e. The minimum atomic E-state index is -1.65. The van der Waals surface area contributed by atoms with Crippen LogP contribution in [0.3, 0.4) is 0 Å². The number of aliphatic hydroxyl groups excluding tert-OH is 6. The summed E-state index contributed by atoms with van der Waals surface area (Å²) < 4.78 is 23.3. The lowest BCUT2D eigenvalue weighted by Gasteiger charge is -2.48. The van der Waals surface area contributed by atoms with Gasteiger partial charge in [0.15, 0.2) is 12.6 Å². The normalized spacial score (nSPS) is 36.4. The van der Waals surface area contributed by atoms with Crippen LogP contribution in [0.1, 0.15) is 103 Å². The molecule has 54 heavy (non-hydrogen) atoms. The zero-order chi connectivity index (χ0) is 35.9. The smallest absolute Gasteiger partial charge is 0.187 e. The van der Waals surface area contributed by atoms with Crippen molar-refractivity contribution in [3.05, 3.63) is 0 Å². The van der Waals surface area contributed by atoms with E-state index in [1.165, 1.54) is 77.0 Å². The second kappa shape index (κ2) is 31.7. The van der Waals surface area contributed by atoms with Gasteiger partial charge in [-0.2, -0.15) is 0 Å². The number of hydrogen-bond donors (Lipinski definition) is 11. The summed E-state index contributed by atoms with van der Waals surface area (Å²) in [7, 11) is 0. The fourth-order valence-electron chi connectivity index (χ4n) is 7.11. The Morgan fingerprint density at radius 3 is 1.43 bits per heavy atom. The van der Waals surface area contributed by atoms with Gasteiger partial charge in [-0.3, -0.25) is 0 Å². The van der Waals surface area contributed by atoms with Crippen molar-refractivity contribution in [3.63, 3.8) is 0 Å². The standard InChI is InChI=1S/C34H69N5O10.5ClH/c1-2-3-4-5-6-7-8-9-10-11-12-13-14-15-16-39-19-23-25(40)24(38)27(42)33(47-23)48-31-20(36)17-21(37)32(30(31)45)49-34-29(44)28(43)26(41)22(18-35)46-34;;;;;/h20-34,39-45H,2-19,35-38H2,1H3;5*1H/t20-,21+,22-,23-,24+,25-,26-,27-,28+,29-,30-,31+,32-,33-,34-;;;;;/m1...../s1. The first-order chi connectivity index (χ1) is 23.5. The van der Waals surface area contributed by atoms with Crippen molar-refractivity contribution in [1.29, 1.82) is 0 Å². The molecule has 0 aromatic carbocycles. The quantitative estimate of drug-likeness (QED) is 0.0675. The van der Waals surface area contributed by atoms with Gasteiger partial charge in [-0.1, -0.05) is 90.4 Å². The minimum Gasteiger partial charge on any atom is -0.389 e. The summed E-state index contributed by atoms with van der Waals surface area (Å²) in [5.74, 6) is 0. The average molecular weight is 890 g/mol. The van der Waals surface area contributed by atoms with Crippen LogP contribution >= 0.6 is 62.0 Å². The Kier molecular flexibility index (Phi) is 34.8. The highest BCUT2D eigenvalue weighted by Gasteiger charge is 2.51. The molecule has 330 valence electrons. The van der Waals surface area contributed by atoms with Gasteiger partial charge in [0.05, 0.1) is 12.1 Å². The van der Waals surface area contributed by atoms with E-state index < -0.39 is 91.7 Å². The van der Waals surface area contributed by atoms with Gasteiger partial charge < -0.3 is 77.8 Å². The van der Waals surface area contributed by atoms with Gasteiger partial charge in [-0.05, 0) is 19.4 Å². The Balaban J connectivity index is -0.00000520. The first kappa shape index (κ1) is 59.2. The topological polar surface area (TPSA) is 274 Å². The third-order valence-electron chi connectivity index (χ3n) is 10.4. The van der Waals surface area contributed by atoms with Crippen molar-refractivity contribution in [2.24, 2.45) is 22.9 Å². The lowest BCUT2D eigenvalue weighted by atomic mass is 9.84. The van der Waals surface area contributed by atoms with E-state index in [0.717, 1.165) is 19.4 Å². The van der Waals surface area contributed by atoms with E-state index in [9.17, 15) is 30.6 Å². The fraction of sp³-hybridized carbons (Fsp3) is 1.00. The van der Waals surface area contributed by atoms with Gasteiger partial charge in [0, 0.05) is 25.2 Å². The average Bonchev–Trinajstić information content (AvgIpc) is 3.08. The molecule has 15 nitrogen and oxygen atoms in total. The second-order valence-corrected chi connectivity index (χ2v) is 14.4. The largest absolute Gasteiger partial charge is 0.389 e. The van der Waals surface area contributed by atoms with Crippen molar-refractivity contribution < 1.29 is 49.6 Å². The highest BCUT2D eigenvalue weighted by molar-refractivity contribution is 5.86. The molecule has 20 heteroatoms. The lowest BCUT2D eigenvalue weighted by molar-refractivity contribution is -0.330. The molecule has 1 saturated carbocycles. The Morgan fingerprint density at radius 1 is 0.537 bits per heavy atom. The van der Waals surface area contributed by atoms with Gasteiger partial charge >= 0.3 is 0 Å². The third kappa shape index (κ3) is 18.0. The number of unbranched alkanes of at least 4 members (excludes halogenated alkanes) is 13. The van der Waals surface area contributed by atoms with Crippen LogP contribution in [0.15, 0.2) is 0 Å². The van der Waals surface area contributed by atoms with E-state index >= 15 is 0 Å². The van der Waals surface area contributed by atoms with E-state index in [1.807, 2.05) is 0 Å². The summed E-state index contributed by atoms with van der Waals surface area (Å²) in [6.45, 7) is 3.12. The van der Waals surface area contributed by atoms with Crippen molar-refractivity contribution in [3.8, 4) is 0 Å². The third-order valence-corrected chi connectivity index (χ3v) is 10.4. The number of nitrogens with two attached hydrogens (primary N) is 4. The van der Waals surface area contributed by atoms with Gasteiger partial charge in [0.1, 0.15) is 54.9 Å². The van der Waals surface area contributed by atoms with Crippen molar-refractivity contribution in [2.45, 2.75) is 195 Å². The summed E-state index contributed by atoms with van der Waals surface area (Å²) in [5.41, 5.74) is 24.3. The van der Waals surface area contributed by atoms with Crippen LogP contribution in [0.2, 0.25) is 0 Å². The van der Waals surface area contributed by atoms with Crippen molar-refractivity contribution in [2.75, 3.05) is 19.6 Å². The van der Waals surface area contributed by atoms with E-state index in [0.29, 0.717) is 0 Å². The van der Waals surface area contributed by atoms with Crippen molar-refractivity contribution >= 4 is 62.0 Å². The van der Waals surface area contributed by atoms with Gasteiger partial charge in [-0.25, -0.2) is 0 Å². The predicted octanol–water partition coefficient (Wildman–Crippen LogP) is 0.896. The molecule has 3 aliphatic rings. The summed E-state index contributed by atoms with van der Waals surface area (Å²) >= 11 is 0. The summed E-state index contributed by atoms with van der Waals surface area (Å²) in [5, 5.41) is 66.9. The molecule has 0 spiro atoms. The van der Waals surface area contributed by atoms with Crippen LogP contribution in [-0.2, 0) is 18.9 Å². The number of rotatable bonds is 22. The molecule has 1 aliphatic carbocycles. The zero-order valence-corrected chi connectivity index (χ0v) is 35.6. The fourth-order valence-corrected chi connectivity index (χ4v) is 7.11.